The highest BCUT2D eigenvalue weighted by Crippen LogP contribution is 2.26. The van der Waals surface area contributed by atoms with Crippen molar-refractivity contribution in [2.45, 2.75) is 32.7 Å². The first-order chi connectivity index (χ1) is 9.04. The maximum absolute atomic E-state index is 13.6. The highest BCUT2D eigenvalue weighted by molar-refractivity contribution is 6.20. The molecule has 1 aromatic heterocycles. The maximum atomic E-state index is 13.6. The zero-order valence-electron chi connectivity index (χ0n) is 11.4. The molecule has 0 saturated carbocycles. The number of ether oxygens (including phenoxy) is 1. The fourth-order valence-electron chi connectivity index (χ4n) is 2.11. The van der Waals surface area contributed by atoms with Crippen LogP contribution in [0.3, 0.4) is 0 Å². The van der Waals surface area contributed by atoms with Gasteiger partial charge in [-0.15, -0.1) is 11.6 Å². The first-order valence-electron chi connectivity index (χ1n) is 6.42. The average Bonchev–Trinajstić information content (AvgIpc) is 2.69. The number of fused-ring (bicyclic) bond motifs is 1. The number of benzene rings is 1. The van der Waals surface area contributed by atoms with Gasteiger partial charge < -0.3 is 9.30 Å². The van der Waals surface area contributed by atoms with Gasteiger partial charge in [-0.1, -0.05) is 0 Å². The molecule has 0 N–H and O–H groups in total. The second kappa shape index (κ2) is 5.88. The van der Waals surface area contributed by atoms with Crippen LogP contribution in [-0.4, -0.2) is 22.8 Å². The summed E-state index contributed by atoms with van der Waals surface area (Å²) in [5, 5.41) is -0.225. The molecule has 0 aliphatic heterocycles. The van der Waals surface area contributed by atoms with Crippen molar-refractivity contribution in [1.82, 2.24) is 9.55 Å². The Kier molecular flexibility index (Phi) is 4.42. The van der Waals surface area contributed by atoms with Crippen LogP contribution in [0.5, 0.6) is 0 Å². The Bertz CT molecular complexity index is 580. The van der Waals surface area contributed by atoms with E-state index >= 15 is 0 Å². The zero-order chi connectivity index (χ0) is 14.0. The Morgan fingerprint density at radius 3 is 2.84 bits per heavy atom. The van der Waals surface area contributed by atoms with Crippen molar-refractivity contribution in [3.8, 4) is 0 Å². The lowest BCUT2D eigenvalue weighted by Crippen LogP contribution is -2.10. The number of hydrogen-bond acceptors (Lipinski definition) is 2. The van der Waals surface area contributed by atoms with Crippen LogP contribution >= 0.6 is 11.6 Å². The van der Waals surface area contributed by atoms with Crippen LogP contribution in [0.4, 0.5) is 4.39 Å². The van der Waals surface area contributed by atoms with Gasteiger partial charge >= 0.3 is 0 Å². The third kappa shape index (κ3) is 2.90. The van der Waals surface area contributed by atoms with Gasteiger partial charge in [0.2, 0.25) is 0 Å². The first-order valence-corrected chi connectivity index (χ1v) is 6.86. The monoisotopic (exact) mass is 284 g/mol. The van der Waals surface area contributed by atoms with Crippen molar-refractivity contribution in [2.24, 2.45) is 0 Å². The molecule has 0 spiro atoms. The summed E-state index contributed by atoms with van der Waals surface area (Å²) < 4.78 is 21.0. The predicted octanol–water partition coefficient (Wildman–Crippen LogP) is 3.82. The van der Waals surface area contributed by atoms with Gasteiger partial charge in [0.1, 0.15) is 11.6 Å². The van der Waals surface area contributed by atoms with Crippen LogP contribution in [0.25, 0.3) is 11.0 Å². The fourth-order valence-corrected chi connectivity index (χ4v) is 2.27. The van der Waals surface area contributed by atoms with Crippen molar-refractivity contribution in [3.63, 3.8) is 0 Å². The molecule has 0 amide bonds. The number of halogens is 2. The molecule has 0 bridgehead atoms. The quantitative estimate of drug-likeness (QED) is 0.616. The summed E-state index contributed by atoms with van der Waals surface area (Å²) in [4.78, 5) is 4.43. The lowest BCUT2D eigenvalue weighted by molar-refractivity contribution is 0.139. The molecule has 1 heterocycles. The molecule has 2 aromatic rings. The van der Waals surface area contributed by atoms with E-state index in [1.54, 1.807) is 6.92 Å². The van der Waals surface area contributed by atoms with Crippen LogP contribution in [0.1, 0.15) is 30.6 Å². The topological polar surface area (TPSA) is 27.1 Å². The number of alkyl halides is 1. The summed E-state index contributed by atoms with van der Waals surface area (Å²) in [6, 6.07) is 3.27. The normalized spacial score (nSPS) is 13.1. The number of aryl methyl sites for hydroxylation is 1. The van der Waals surface area contributed by atoms with E-state index in [1.165, 1.54) is 6.07 Å². The number of aromatic nitrogens is 2. The minimum atomic E-state index is -0.240. The minimum Gasteiger partial charge on any atom is -0.380 e. The van der Waals surface area contributed by atoms with E-state index in [0.717, 1.165) is 11.3 Å². The van der Waals surface area contributed by atoms with E-state index in [1.807, 2.05) is 24.5 Å². The molecule has 5 heteroatoms. The van der Waals surface area contributed by atoms with Crippen LogP contribution in [0, 0.1) is 12.7 Å². The second-order valence-corrected chi connectivity index (χ2v) is 5.18. The number of imidazole rings is 1. The molecule has 0 aliphatic carbocycles. The fraction of sp³-hybridized carbons (Fsp3) is 0.500. The molecule has 1 unspecified atom stereocenters. The standard InChI is InChI=1S/C14H18ClFN2O/c1-4-19-6-5-18-13-7-9(2)11(16)8-12(13)17-14(18)10(3)15/h7-8,10H,4-6H2,1-3H3. The third-order valence-corrected chi connectivity index (χ3v) is 3.27. The van der Waals surface area contributed by atoms with E-state index in [0.29, 0.717) is 30.8 Å². The van der Waals surface area contributed by atoms with Crippen LogP contribution in [0.15, 0.2) is 12.1 Å². The summed E-state index contributed by atoms with van der Waals surface area (Å²) >= 11 is 6.15. The van der Waals surface area contributed by atoms with E-state index < -0.39 is 0 Å². The van der Waals surface area contributed by atoms with E-state index in [-0.39, 0.29) is 11.2 Å². The maximum Gasteiger partial charge on any atom is 0.128 e. The SMILES string of the molecule is CCOCCn1c(C(C)Cl)nc2cc(F)c(C)cc21. The second-order valence-electron chi connectivity index (χ2n) is 4.52. The smallest absolute Gasteiger partial charge is 0.128 e. The Morgan fingerprint density at radius 1 is 1.47 bits per heavy atom. The number of nitrogens with zero attached hydrogens (tertiary/aromatic N) is 2. The molecular formula is C14H18ClFN2O. The van der Waals surface area contributed by atoms with Crippen LogP contribution in [-0.2, 0) is 11.3 Å². The molecule has 0 saturated heterocycles. The van der Waals surface area contributed by atoms with Gasteiger partial charge in [0.25, 0.3) is 0 Å². The molecule has 19 heavy (non-hydrogen) atoms. The molecule has 0 aliphatic rings. The van der Waals surface area contributed by atoms with Crippen molar-refractivity contribution in [1.29, 1.82) is 0 Å². The van der Waals surface area contributed by atoms with Crippen molar-refractivity contribution >= 4 is 22.6 Å². The predicted molar refractivity (Wildman–Crippen MR) is 75.2 cm³/mol. The summed E-state index contributed by atoms with van der Waals surface area (Å²) in [5.74, 6) is 0.511. The third-order valence-electron chi connectivity index (χ3n) is 3.08. The van der Waals surface area contributed by atoms with Gasteiger partial charge in [-0.25, -0.2) is 9.37 Å². The van der Waals surface area contributed by atoms with Crippen LogP contribution in [0.2, 0.25) is 0 Å². The van der Waals surface area contributed by atoms with Gasteiger partial charge in [-0.2, -0.15) is 0 Å². The van der Waals surface area contributed by atoms with Gasteiger partial charge in [-0.05, 0) is 32.4 Å². The summed E-state index contributed by atoms with van der Waals surface area (Å²) in [6.07, 6.45) is 0. The highest BCUT2D eigenvalue weighted by Gasteiger charge is 2.16. The van der Waals surface area contributed by atoms with Crippen molar-refractivity contribution in [3.05, 3.63) is 29.3 Å². The summed E-state index contributed by atoms with van der Waals surface area (Å²) in [5.41, 5.74) is 2.15. The van der Waals surface area contributed by atoms with Crippen LogP contribution < -0.4 is 0 Å². The molecule has 1 atom stereocenters. The lowest BCUT2D eigenvalue weighted by atomic mass is 10.2. The molecule has 0 radical (unpaired) electrons. The number of hydrogen-bond donors (Lipinski definition) is 0. The molecular weight excluding hydrogens is 267 g/mol. The lowest BCUT2D eigenvalue weighted by Gasteiger charge is -2.10. The first kappa shape index (κ1) is 14.3. The molecule has 0 fully saturated rings. The van der Waals surface area contributed by atoms with Gasteiger partial charge in [0.05, 0.1) is 23.0 Å². The molecule has 2 rings (SSSR count). The van der Waals surface area contributed by atoms with Gasteiger partial charge in [-0.3, -0.25) is 0 Å². The Hall–Kier alpha value is -1.13. The largest absolute Gasteiger partial charge is 0.380 e. The average molecular weight is 285 g/mol. The Morgan fingerprint density at radius 2 is 2.21 bits per heavy atom. The van der Waals surface area contributed by atoms with Crippen molar-refractivity contribution in [2.75, 3.05) is 13.2 Å². The molecule has 104 valence electrons. The highest BCUT2D eigenvalue weighted by atomic mass is 35.5. The molecule has 1 aromatic carbocycles. The van der Waals surface area contributed by atoms with Gasteiger partial charge in [0.15, 0.2) is 0 Å². The van der Waals surface area contributed by atoms with E-state index in [2.05, 4.69) is 4.98 Å². The number of rotatable bonds is 5. The summed E-state index contributed by atoms with van der Waals surface area (Å²) in [7, 11) is 0. The van der Waals surface area contributed by atoms with Crippen molar-refractivity contribution < 1.29 is 9.13 Å². The summed E-state index contributed by atoms with van der Waals surface area (Å²) in [6.45, 7) is 7.50. The Labute approximate surface area is 117 Å². The Balaban J connectivity index is 2.49. The van der Waals surface area contributed by atoms with Gasteiger partial charge in [0, 0.05) is 19.2 Å². The zero-order valence-corrected chi connectivity index (χ0v) is 12.2. The van der Waals surface area contributed by atoms with E-state index in [9.17, 15) is 4.39 Å². The van der Waals surface area contributed by atoms with E-state index in [4.69, 9.17) is 16.3 Å². The molecule has 3 nitrogen and oxygen atoms in total. The minimum absolute atomic E-state index is 0.225.